The van der Waals surface area contributed by atoms with Crippen molar-refractivity contribution in [1.82, 2.24) is 0 Å². The molecule has 2 heterocycles. The Bertz CT molecular complexity index is 2300. The van der Waals surface area contributed by atoms with Gasteiger partial charge in [0.25, 0.3) is 0 Å². The summed E-state index contributed by atoms with van der Waals surface area (Å²) >= 11 is 9.92. The Kier molecular flexibility index (Phi) is 10.8. The molecule has 2 atom stereocenters. The molecule has 0 radical (unpaired) electrons. The molecule has 0 saturated heterocycles. The third-order valence-corrected chi connectivity index (χ3v) is 33.8. The summed E-state index contributed by atoms with van der Waals surface area (Å²) in [5.74, 6) is 2.14. The zero-order valence-corrected chi connectivity index (χ0v) is 37.8. The molecule has 0 spiro atoms. The summed E-state index contributed by atoms with van der Waals surface area (Å²) in [6.07, 6.45) is 4.75. The fraction of sp³-hybridized carbons (Fsp3) is 0.217. The van der Waals surface area contributed by atoms with Crippen LogP contribution < -0.4 is 0 Å². The van der Waals surface area contributed by atoms with E-state index in [4.69, 9.17) is 49.1 Å². The fourth-order valence-corrected chi connectivity index (χ4v) is 24.0. The molecule has 6 aromatic rings. The molecule has 0 aliphatic heterocycles. The summed E-state index contributed by atoms with van der Waals surface area (Å²) in [6.45, 7) is 12.9. The van der Waals surface area contributed by atoms with E-state index in [1.165, 1.54) is 66.8 Å². The molecule has 4 aromatic carbocycles. The fourth-order valence-electron chi connectivity index (χ4n) is 8.65. The van der Waals surface area contributed by atoms with Crippen LogP contribution in [0.2, 0.25) is 22.1 Å². The minimum absolute atomic E-state index is 0.129. The van der Waals surface area contributed by atoms with Crippen LogP contribution in [0.25, 0.3) is 45.6 Å². The van der Waals surface area contributed by atoms with Crippen LogP contribution in [0, 0.1) is 41.5 Å². The molecule has 2 unspecified atom stereocenters. The monoisotopic (exact) mass is 883 g/mol. The van der Waals surface area contributed by atoms with E-state index in [0.29, 0.717) is 0 Å². The van der Waals surface area contributed by atoms with E-state index >= 15 is 0 Å². The van der Waals surface area contributed by atoms with Crippen LogP contribution in [0.3, 0.4) is 0 Å². The van der Waals surface area contributed by atoms with E-state index < -0.39 is 24.4 Å². The second kappa shape index (κ2) is 15.3. The van der Waals surface area contributed by atoms with Gasteiger partial charge >= 0.3 is 347 Å². The third-order valence-electron chi connectivity index (χ3n) is 11.6. The molecular formula is C46H41Cl4O2SiZr. The first kappa shape index (κ1) is 38.1. The van der Waals surface area contributed by atoms with E-state index in [9.17, 15) is 0 Å². The Morgan fingerprint density at radius 1 is 0.556 bits per heavy atom. The zero-order valence-electron chi connectivity index (χ0n) is 31.2. The molecule has 0 fully saturated rings. The number of rotatable bonds is 9. The standard InChI is InChI=1S/C46H41Cl2O2Si.2ClH.Zr/c1-25-19-35-39(45(29(25)5)31-9-13-33(47)14-10-31)21-37(43-17-7-27(3)49-43)41(35)23-51-24-42-36-20-26(2)30(6)46(32-11-15-34(48)16-12-32)40(36)22-38(42)44-18-8-28(4)50-44;;;/h7-22,41-42,51H,23-24H2,1-6H3;2*1H;/q;;;+2/p-2. The average molecular weight is 887 g/mol. The maximum atomic E-state index is 7.36. The number of benzene rings is 4. The van der Waals surface area contributed by atoms with Crippen LogP contribution in [0.1, 0.15) is 79.4 Å². The second-order valence-corrected chi connectivity index (χ2v) is 39.4. The molecule has 2 aliphatic carbocycles. The molecule has 8 rings (SSSR count). The number of aryl methyl sites for hydroxylation is 4. The topological polar surface area (TPSA) is 26.3 Å². The predicted octanol–water partition coefficient (Wildman–Crippen LogP) is 15.0. The molecule has 0 N–H and O–H groups in total. The van der Waals surface area contributed by atoms with E-state index in [-0.39, 0.29) is 11.8 Å². The van der Waals surface area contributed by atoms with Crippen LogP contribution in [0.15, 0.2) is 93.8 Å². The molecule has 8 heteroatoms. The summed E-state index contributed by atoms with van der Waals surface area (Å²) in [7, 11) is 14.7. The van der Waals surface area contributed by atoms with Gasteiger partial charge in [0.1, 0.15) is 0 Å². The summed E-state index contributed by atoms with van der Waals surface area (Å²) in [5.41, 5.74) is 17.5. The summed E-state index contributed by atoms with van der Waals surface area (Å²) in [6, 6.07) is 31.5. The molecular weight excluding hydrogens is 846 g/mol. The molecule has 2 nitrogen and oxygen atoms in total. The van der Waals surface area contributed by atoms with Gasteiger partial charge in [-0.05, 0) is 0 Å². The van der Waals surface area contributed by atoms with Crippen molar-refractivity contribution in [3.05, 3.63) is 163 Å². The van der Waals surface area contributed by atoms with Crippen molar-refractivity contribution >= 4 is 69.4 Å². The predicted molar refractivity (Wildman–Crippen MR) is 229 cm³/mol. The molecule has 273 valence electrons. The Hall–Kier alpha value is -2.82. The Balaban J connectivity index is 1.24. The van der Waals surface area contributed by atoms with Crippen molar-refractivity contribution in [2.45, 2.75) is 65.5 Å². The maximum absolute atomic E-state index is 7.36. The van der Waals surface area contributed by atoms with E-state index in [1.54, 1.807) is 0 Å². The van der Waals surface area contributed by atoms with Gasteiger partial charge in [-0.25, -0.2) is 0 Å². The Morgan fingerprint density at radius 3 is 1.28 bits per heavy atom. The van der Waals surface area contributed by atoms with Crippen LogP contribution >= 0.6 is 40.2 Å². The molecule has 2 aromatic heterocycles. The van der Waals surface area contributed by atoms with Gasteiger partial charge in [0.2, 0.25) is 0 Å². The number of furan rings is 2. The molecule has 54 heavy (non-hydrogen) atoms. The third kappa shape index (κ3) is 7.06. The molecule has 0 saturated carbocycles. The van der Waals surface area contributed by atoms with Crippen LogP contribution in [-0.4, -0.2) is 5.92 Å². The molecule has 2 aliphatic rings. The first-order valence-corrected chi connectivity index (χ1v) is 32.0. The minimum atomic E-state index is -2.81. The van der Waals surface area contributed by atoms with E-state index in [2.05, 4.69) is 101 Å². The first-order valence-electron chi connectivity index (χ1n) is 18.4. The van der Waals surface area contributed by atoms with Crippen molar-refractivity contribution in [3.63, 3.8) is 0 Å². The molecule has 0 bridgehead atoms. The summed E-state index contributed by atoms with van der Waals surface area (Å²) in [5, 5.41) is 1.46. The van der Waals surface area contributed by atoms with Crippen molar-refractivity contribution in [2.75, 3.05) is 0 Å². The number of halogens is 4. The normalized spacial score (nSPS) is 16.6. The van der Waals surface area contributed by atoms with Crippen molar-refractivity contribution < 1.29 is 27.4 Å². The molecule has 0 amide bonds. The Morgan fingerprint density at radius 2 is 0.944 bits per heavy atom. The number of allylic oxidation sites excluding steroid dienone is 2. The van der Waals surface area contributed by atoms with E-state index in [0.717, 1.165) is 56.3 Å². The Labute approximate surface area is 344 Å². The van der Waals surface area contributed by atoms with Crippen LogP contribution in [0.5, 0.6) is 0 Å². The van der Waals surface area contributed by atoms with Crippen molar-refractivity contribution in [3.8, 4) is 22.3 Å². The van der Waals surface area contributed by atoms with Gasteiger partial charge in [0.15, 0.2) is 0 Å². The van der Waals surface area contributed by atoms with Gasteiger partial charge in [0, 0.05) is 0 Å². The second-order valence-electron chi connectivity index (χ2n) is 15.0. The average Bonchev–Trinajstić information content (AvgIpc) is 3.93. The van der Waals surface area contributed by atoms with Crippen molar-refractivity contribution in [2.24, 2.45) is 0 Å². The van der Waals surface area contributed by atoms with Gasteiger partial charge in [0.05, 0.1) is 0 Å². The number of fused-ring (bicyclic) bond motifs is 2. The SMILES string of the molecule is Cc1ccc(C2=Cc3c(cc(C)c(C)c3-c3ccc(Cl)cc3)C2C[SiH](CC2C(c3ccc(C)o3)=Cc3c2cc(C)c(C)c3-c2ccc(Cl)cc2)[Zr]([Cl])[Cl])o1. The summed E-state index contributed by atoms with van der Waals surface area (Å²) < 4.78 is 12.8. The number of hydrogen-bond donors (Lipinski definition) is 0. The van der Waals surface area contributed by atoms with Gasteiger partial charge in [-0.2, -0.15) is 0 Å². The number of hydrogen-bond acceptors (Lipinski definition) is 2. The van der Waals surface area contributed by atoms with Crippen molar-refractivity contribution in [1.29, 1.82) is 0 Å². The first-order chi connectivity index (χ1) is 25.9. The summed E-state index contributed by atoms with van der Waals surface area (Å²) in [4.78, 5) is 0. The van der Waals surface area contributed by atoms with Crippen LogP contribution in [-0.2, 0) is 18.5 Å². The van der Waals surface area contributed by atoms with E-state index in [1.807, 2.05) is 38.1 Å². The quantitative estimate of drug-likeness (QED) is 0.135. The van der Waals surface area contributed by atoms with Gasteiger partial charge in [-0.3, -0.25) is 0 Å². The van der Waals surface area contributed by atoms with Gasteiger partial charge < -0.3 is 0 Å². The zero-order chi connectivity index (χ0) is 38.0. The van der Waals surface area contributed by atoms with Crippen LogP contribution in [0.4, 0.5) is 0 Å². The van der Waals surface area contributed by atoms with Gasteiger partial charge in [-0.15, -0.1) is 0 Å². The van der Waals surface area contributed by atoms with Gasteiger partial charge in [-0.1, -0.05) is 0 Å².